The van der Waals surface area contributed by atoms with Gasteiger partial charge in [-0.25, -0.2) is 0 Å². The van der Waals surface area contributed by atoms with E-state index in [0.717, 1.165) is 33.8 Å². The number of hydrogen-bond acceptors (Lipinski definition) is 6. The van der Waals surface area contributed by atoms with Crippen LogP contribution in [0.4, 0.5) is 0 Å². The quantitative estimate of drug-likeness (QED) is 0.480. The second-order valence-corrected chi connectivity index (χ2v) is 8.66. The van der Waals surface area contributed by atoms with Crippen molar-refractivity contribution in [3.8, 4) is 5.75 Å². The first-order chi connectivity index (χ1) is 15.0. The van der Waals surface area contributed by atoms with Crippen LogP contribution in [0.5, 0.6) is 5.75 Å². The molecule has 8 heteroatoms. The van der Waals surface area contributed by atoms with Gasteiger partial charge in [-0.15, -0.1) is 0 Å². The number of para-hydroxylation sites is 1. The van der Waals surface area contributed by atoms with E-state index in [9.17, 15) is 9.59 Å². The van der Waals surface area contributed by atoms with Crippen LogP contribution in [0.2, 0.25) is 5.02 Å². The van der Waals surface area contributed by atoms with Crippen molar-refractivity contribution in [2.45, 2.75) is 19.4 Å². The van der Waals surface area contributed by atoms with Gasteiger partial charge in [0.1, 0.15) is 17.5 Å². The molecule has 0 bridgehead atoms. The Morgan fingerprint density at radius 2 is 1.94 bits per heavy atom. The molecule has 2 aromatic carbocycles. The Morgan fingerprint density at radius 3 is 2.74 bits per heavy atom. The highest BCUT2D eigenvalue weighted by Crippen LogP contribution is 2.29. The minimum absolute atomic E-state index is 0.207. The second kappa shape index (κ2) is 7.76. The fourth-order valence-electron chi connectivity index (χ4n) is 3.42. The smallest absolute Gasteiger partial charge is 0.296 e. The Bertz CT molecular complexity index is 1510. The second-order valence-electron chi connectivity index (χ2n) is 7.22. The average molecular weight is 450 g/mol. The van der Waals surface area contributed by atoms with Crippen LogP contribution in [0.3, 0.4) is 0 Å². The van der Waals surface area contributed by atoms with Crippen molar-refractivity contribution in [2.24, 2.45) is 0 Å². The number of rotatable bonds is 3. The van der Waals surface area contributed by atoms with E-state index in [2.05, 4.69) is 10.1 Å². The number of aromatic nitrogens is 3. The number of nitrogens with zero attached hydrogens (tertiary/aromatic N) is 3. The van der Waals surface area contributed by atoms with Gasteiger partial charge >= 0.3 is 0 Å². The summed E-state index contributed by atoms with van der Waals surface area (Å²) in [4.78, 5) is 29.8. The van der Waals surface area contributed by atoms with Crippen LogP contribution < -0.4 is 20.4 Å². The largest absolute Gasteiger partial charge is 0.485 e. The maximum Gasteiger partial charge on any atom is 0.296 e. The van der Waals surface area contributed by atoms with E-state index in [1.165, 1.54) is 4.52 Å². The van der Waals surface area contributed by atoms with Crippen LogP contribution in [0, 0.1) is 0 Å². The van der Waals surface area contributed by atoms with Gasteiger partial charge in [-0.3, -0.25) is 9.59 Å². The lowest BCUT2D eigenvalue weighted by Gasteiger charge is -2.22. The third kappa shape index (κ3) is 3.78. The van der Waals surface area contributed by atoms with Crippen molar-refractivity contribution in [3.05, 3.63) is 101 Å². The van der Waals surface area contributed by atoms with Gasteiger partial charge in [0.2, 0.25) is 4.96 Å². The lowest BCUT2D eigenvalue weighted by Crippen LogP contribution is -2.29. The van der Waals surface area contributed by atoms with Crippen LogP contribution in [0.15, 0.2) is 63.7 Å². The summed E-state index contributed by atoms with van der Waals surface area (Å²) in [7, 11) is 0. The van der Waals surface area contributed by atoms with Crippen LogP contribution in [-0.4, -0.2) is 20.7 Å². The molecule has 0 spiro atoms. The molecule has 154 valence electrons. The summed E-state index contributed by atoms with van der Waals surface area (Å²) < 4.78 is 7.60. The topological polar surface area (TPSA) is 73.6 Å². The monoisotopic (exact) mass is 449 g/mol. The highest BCUT2D eigenvalue weighted by molar-refractivity contribution is 7.15. The van der Waals surface area contributed by atoms with Crippen molar-refractivity contribution in [1.82, 2.24) is 14.6 Å². The standard InChI is InChI=1S/C23H16ClN3O3S/c1-13-16(11-15-4-2-3-5-19(15)30-13)12-20-22(29)27-23(31-20)25-21(28)18(26-27)10-14-6-8-17(24)9-7-14/h2-9,11-13H,10H2,1H3/b20-12-. The number of fused-ring (bicyclic) bond motifs is 2. The third-order valence-corrected chi connectivity index (χ3v) is 6.26. The Hall–Kier alpha value is -3.29. The molecule has 5 rings (SSSR count). The summed E-state index contributed by atoms with van der Waals surface area (Å²) in [6.07, 6.45) is 3.85. The highest BCUT2D eigenvalue weighted by Gasteiger charge is 2.18. The Morgan fingerprint density at radius 1 is 1.16 bits per heavy atom. The van der Waals surface area contributed by atoms with Gasteiger partial charge < -0.3 is 4.74 Å². The molecule has 0 saturated heterocycles. The molecule has 6 nitrogen and oxygen atoms in total. The van der Waals surface area contributed by atoms with E-state index < -0.39 is 5.56 Å². The van der Waals surface area contributed by atoms with E-state index in [-0.39, 0.29) is 28.7 Å². The molecule has 0 saturated carbocycles. The molecule has 0 N–H and O–H groups in total. The van der Waals surface area contributed by atoms with Gasteiger partial charge in [-0.2, -0.15) is 14.6 Å². The molecular formula is C23H16ClN3O3S. The number of ether oxygens (including phenoxy) is 1. The zero-order valence-corrected chi connectivity index (χ0v) is 18.0. The SMILES string of the molecule is CC1Oc2ccccc2C=C1/C=c1\sc2nc(=O)c(Cc3ccc(Cl)cc3)nn2c1=O. The third-order valence-electron chi connectivity index (χ3n) is 5.05. The Labute approximate surface area is 185 Å². The van der Waals surface area contributed by atoms with Gasteiger partial charge in [0.15, 0.2) is 0 Å². The first kappa shape index (κ1) is 19.7. The fourth-order valence-corrected chi connectivity index (χ4v) is 4.45. The van der Waals surface area contributed by atoms with Crippen LogP contribution in [-0.2, 0) is 6.42 Å². The van der Waals surface area contributed by atoms with Gasteiger partial charge in [0.25, 0.3) is 11.1 Å². The molecule has 2 aromatic heterocycles. The Kier molecular flexibility index (Phi) is 4.92. The van der Waals surface area contributed by atoms with Gasteiger partial charge in [-0.1, -0.05) is 53.3 Å². The zero-order chi connectivity index (χ0) is 21.5. The van der Waals surface area contributed by atoms with Crippen LogP contribution in [0.1, 0.15) is 23.7 Å². The van der Waals surface area contributed by atoms with E-state index in [1.54, 1.807) is 18.2 Å². The predicted octanol–water partition coefficient (Wildman–Crippen LogP) is 3.12. The van der Waals surface area contributed by atoms with Crippen molar-refractivity contribution >= 4 is 40.1 Å². The first-order valence-electron chi connectivity index (χ1n) is 9.64. The van der Waals surface area contributed by atoms with Gasteiger partial charge in [-0.05, 0) is 48.4 Å². The van der Waals surface area contributed by atoms with Crippen LogP contribution in [0.25, 0.3) is 17.1 Å². The number of thiazole rings is 1. The minimum atomic E-state index is -0.440. The summed E-state index contributed by atoms with van der Waals surface area (Å²) in [5.74, 6) is 0.811. The summed E-state index contributed by atoms with van der Waals surface area (Å²) in [5.41, 5.74) is 2.15. The maximum atomic E-state index is 13.0. The maximum absolute atomic E-state index is 13.0. The molecule has 31 heavy (non-hydrogen) atoms. The molecule has 3 heterocycles. The molecule has 1 aliphatic rings. The number of benzene rings is 2. The lowest BCUT2D eigenvalue weighted by molar-refractivity contribution is 0.259. The number of hydrogen-bond donors (Lipinski definition) is 0. The van der Waals surface area contributed by atoms with Gasteiger partial charge in [0, 0.05) is 17.0 Å². The van der Waals surface area contributed by atoms with Gasteiger partial charge in [0.05, 0.1) is 4.53 Å². The summed E-state index contributed by atoms with van der Waals surface area (Å²) >= 11 is 7.05. The van der Waals surface area contributed by atoms with Crippen molar-refractivity contribution < 1.29 is 4.74 Å². The highest BCUT2D eigenvalue weighted by atomic mass is 35.5. The van der Waals surface area contributed by atoms with Crippen molar-refractivity contribution in [1.29, 1.82) is 0 Å². The predicted molar refractivity (Wildman–Crippen MR) is 122 cm³/mol. The molecule has 0 amide bonds. The normalized spacial score (nSPS) is 16.1. The van der Waals surface area contributed by atoms with Crippen LogP contribution >= 0.6 is 22.9 Å². The number of halogens is 1. The van der Waals surface area contributed by atoms with E-state index in [4.69, 9.17) is 16.3 Å². The molecule has 0 radical (unpaired) electrons. The molecule has 0 fully saturated rings. The molecule has 0 aliphatic carbocycles. The lowest BCUT2D eigenvalue weighted by atomic mass is 10.0. The average Bonchev–Trinajstić information content (AvgIpc) is 3.05. The fraction of sp³-hybridized carbons (Fsp3) is 0.130. The van der Waals surface area contributed by atoms with E-state index in [0.29, 0.717) is 9.55 Å². The summed E-state index contributed by atoms with van der Waals surface area (Å²) in [5, 5.41) is 4.91. The van der Waals surface area contributed by atoms with E-state index >= 15 is 0 Å². The molecule has 1 unspecified atom stereocenters. The minimum Gasteiger partial charge on any atom is -0.485 e. The van der Waals surface area contributed by atoms with Crippen molar-refractivity contribution in [2.75, 3.05) is 0 Å². The molecule has 4 aromatic rings. The zero-order valence-electron chi connectivity index (χ0n) is 16.4. The summed E-state index contributed by atoms with van der Waals surface area (Å²) in [6, 6.07) is 14.9. The Balaban J connectivity index is 1.58. The molecule has 1 atom stereocenters. The van der Waals surface area contributed by atoms with Crippen molar-refractivity contribution in [3.63, 3.8) is 0 Å². The summed E-state index contributed by atoms with van der Waals surface area (Å²) in [6.45, 7) is 1.93. The molecular weight excluding hydrogens is 434 g/mol. The molecule has 1 aliphatic heterocycles. The van der Waals surface area contributed by atoms with E-state index in [1.807, 2.05) is 49.4 Å². The first-order valence-corrected chi connectivity index (χ1v) is 10.8.